The molecule has 2 aliphatic carbocycles. The molecule has 0 aromatic heterocycles. The summed E-state index contributed by atoms with van der Waals surface area (Å²) in [6, 6.07) is 3.60. The molecule has 23 heavy (non-hydrogen) atoms. The van der Waals surface area contributed by atoms with E-state index in [-0.39, 0.29) is 34.2 Å². The van der Waals surface area contributed by atoms with E-state index < -0.39 is 6.10 Å². The monoisotopic (exact) mass is 316 g/mol. The highest BCUT2D eigenvalue weighted by Crippen LogP contribution is 2.57. The van der Waals surface area contributed by atoms with Crippen molar-refractivity contribution < 1.29 is 15.0 Å². The van der Waals surface area contributed by atoms with Gasteiger partial charge in [-0.3, -0.25) is 4.79 Å². The number of hydrogen-bond donors (Lipinski definition) is 2. The molecule has 1 fully saturated rings. The molecule has 1 saturated carbocycles. The van der Waals surface area contributed by atoms with Crippen LogP contribution in [0, 0.1) is 11.3 Å². The minimum Gasteiger partial charge on any atom is -0.508 e. The van der Waals surface area contributed by atoms with E-state index in [2.05, 4.69) is 20.8 Å². The zero-order valence-corrected chi connectivity index (χ0v) is 14.8. The summed E-state index contributed by atoms with van der Waals surface area (Å²) < 4.78 is 0. The first-order valence-electron chi connectivity index (χ1n) is 8.69. The lowest BCUT2D eigenvalue weighted by molar-refractivity contribution is -0.0389. The summed E-state index contributed by atoms with van der Waals surface area (Å²) in [6.45, 7) is 10.5. The van der Waals surface area contributed by atoms with Crippen LogP contribution in [0.1, 0.15) is 81.3 Å². The van der Waals surface area contributed by atoms with Crippen molar-refractivity contribution >= 4 is 5.78 Å². The first kappa shape index (κ1) is 16.5. The first-order chi connectivity index (χ1) is 10.6. The molecule has 3 rings (SSSR count). The van der Waals surface area contributed by atoms with Crippen molar-refractivity contribution in [2.24, 2.45) is 11.3 Å². The summed E-state index contributed by atoms with van der Waals surface area (Å²) in [5, 5.41) is 21.3. The zero-order chi connectivity index (χ0) is 17.2. The number of aliphatic hydroxyl groups is 1. The Hall–Kier alpha value is -1.35. The molecule has 0 aliphatic heterocycles. The van der Waals surface area contributed by atoms with Crippen molar-refractivity contribution in [1.82, 2.24) is 0 Å². The molecule has 1 aromatic rings. The molecule has 0 radical (unpaired) electrons. The molecule has 1 aromatic carbocycles. The Bertz CT molecular complexity index is 659. The Morgan fingerprint density at radius 1 is 1.17 bits per heavy atom. The smallest absolute Gasteiger partial charge is 0.191 e. The van der Waals surface area contributed by atoms with Crippen molar-refractivity contribution in [3.63, 3.8) is 0 Å². The van der Waals surface area contributed by atoms with Gasteiger partial charge >= 0.3 is 0 Å². The number of phenols is 1. The number of rotatable bonds is 1. The summed E-state index contributed by atoms with van der Waals surface area (Å²) in [4.78, 5) is 12.9. The summed E-state index contributed by atoms with van der Waals surface area (Å²) in [5.41, 5.74) is 1.95. The second-order valence-corrected chi connectivity index (χ2v) is 8.66. The van der Waals surface area contributed by atoms with Crippen molar-refractivity contribution in [3.05, 3.63) is 28.8 Å². The van der Waals surface area contributed by atoms with Crippen LogP contribution in [0.2, 0.25) is 0 Å². The van der Waals surface area contributed by atoms with Crippen molar-refractivity contribution in [1.29, 1.82) is 0 Å². The number of fused-ring (bicyclic) bond motifs is 3. The summed E-state index contributed by atoms with van der Waals surface area (Å²) >= 11 is 0. The Kier molecular flexibility index (Phi) is 3.64. The summed E-state index contributed by atoms with van der Waals surface area (Å²) in [6.07, 6.45) is 2.09. The number of phenolic OH excluding ortho intramolecular Hbond substituents is 1. The lowest BCUT2D eigenvalue weighted by Gasteiger charge is -2.55. The van der Waals surface area contributed by atoms with Crippen LogP contribution in [0.15, 0.2) is 12.1 Å². The van der Waals surface area contributed by atoms with Gasteiger partial charge in [0.25, 0.3) is 0 Å². The second-order valence-electron chi connectivity index (χ2n) is 8.66. The number of aliphatic hydroxyl groups excluding tert-OH is 1. The molecule has 3 atom stereocenters. The number of aromatic hydroxyl groups is 1. The Balaban J connectivity index is 2.26. The molecule has 0 bridgehead atoms. The maximum absolute atomic E-state index is 12.9. The van der Waals surface area contributed by atoms with Crippen molar-refractivity contribution in [2.45, 2.75) is 71.3 Å². The van der Waals surface area contributed by atoms with Crippen LogP contribution < -0.4 is 0 Å². The average molecular weight is 316 g/mol. The summed E-state index contributed by atoms with van der Waals surface area (Å²) in [7, 11) is 0. The number of hydrogen-bond acceptors (Lipinski definition) is 3. The van der Waals surface area contributed by atoms with Crippen molar-refractivity contribution in [2.75, 3.05) is 0 Å². The number of carbonyl (C=O) groups excluding carboxylic acids is 1. The van der Waals surface area contributed by atoms with Crippen LogP contribution in [0.25, 0.3) is 0 Å². The Morgan fingerprint density at radius 2 is 1.83 bits per heavy atom. The minimum atomic E-state index is -0.952. The van der Waals surface area contributed by atoms with Crippen LogP contribution in [-0.2, 0) is 5.41 Å². The molecule has 2 N–H and O–H groups in total. The van der Waals surface area contributed by atoms with Gasteiger partial charge in [-0.05, 0) is 52.8 Å². The van der Waals surface area contributed by atoms with Gasteiger partial charge in [-0.2, -0.15) is 0 Å². The largest absolute Gasteiger partial charge is 0.508 e. The third-order valence-corrected chi connectivity index (χ3v) is 6.30. The Labute approximate surface area is 138 Å². The maximum Gasteiger partial charge on any atom is 0.191 e. The second kappa shape index (κ2) is 5.07. The van der Waals surface area contributed by atoms with E-state index in [0.29, 0.717) is 5.56 Å². The van der Waals surface area contributed by atoms with E-state index in [1.54, 1.807) is 6.07 Å². The molecule has 3 nitrogen and oxygen atoms in total. The van der Waals surface area contributed by atoms with Gasteiger partial charge in [-0.15, -0.1) is 0 Å². The first-order valence-corrected chi connectivity index (χ1v) is 8.69. The van der Waals surface area contributed by atoms with Gasteiger partial charge < -0.3 is 10.2 Å². The van der Waals surface area contributed by atoms with Crippen LogP contribution >= 0.6 is 0 Å². The minimum absolute atomic E-state index is 0.0912. The maximum atomic E-state index is 12.9. The highest BCUT2D eigenvalue weighted by molar-refractivity contribution is 6.03. The normalized spacial score (nSPS) is 32.6. The molecule has 0 unspecified atom stereocenters. The fourth-order valence-electron chi connectivity index (χ4n) is 5.22. The molecule has 0 heterocycles. The molecular weight excluding hydrogens is 288 g/mol. The van der Waals surface area contributed by atoms with E-state index in [0.717, 1.165) is 30.4 Å². The molecule has 0 spiro atoms. The highest BCUT2D eigenvalue weighted by atomic mass is 16.3. The molecule has 126 valence electrons. The third kappa shape index (κ3) is 2.24. The predicted molar refractivity (Wildman–Crippen MR) is 91.0 cm³/mol. The van der Waals surface area contributed by atoms with Gasteiger partial charge in [0.1, 0.15) is 11.9 Å². The van der Waals surface area contributed by atoms with Gasteiger partial charge in [-0.25, -0.2) is 0 Å². The van der Waals surface area contributed by atoms with Crippen LogP contribution in [0.5, 0.6) is 5.75 Å². The topological polar surface area (TPSA) is 57.5 Å². The third-order valence-electron chi connectivity index (χ3n) is 6.30. The quantitative estimate of drug-likeness (QED) is 0.818. The average Bonchev–Trinajstić information content (AvgIpc) is 2.43. The van der Waals surface area contributed by atoms with Crippen LogP contribution in [0.3, 0.4) is 0 Å². The zero-order valence-electron chi connectivity index (χ0n) is 14.8. The van der Waals surface area contributed by atoms with Gasteiger partial charge in [0.05, 0.1) is 0 Å². The van der Waals surface area contributed by atoms with E-state index in [1.807, 2.05) is 19.9 Å². The van der Waals surface area contributed by atoms with E-state index in [4.69, 9.17) is 0 Å². The number of ketones is 1. The lowest BCUT2D eigenvalue weighted by Crippen LogP contribution is -2.56. The predicted octanol–water partition coefficient (Wildman–Crippen LogP) is 4.16. The van der Waals surface area contributed by atoms with E-state index in [1.165, 1.54) is 0 Å². The SMILES string of the molecule is CC(C)c1cc2c(cc1O)[C@@]1(C)CCCC(C)(C)[C@@H]1[C@@H](O)C2=O. The number of Topliss-reactive ketones (excluding diaryl/α,β-unsaturated/α-hetero) is 1. The van der Waals surface area contributed by atoms with E-state index >= 15 is 0 Å². The Morgan fingerprint density at radius 3 is 2.43 bits per heavy atom. The lowest BCUT2D eigenvalue weighted by atomic mass is 9.49. The van der Waals surface area contributed by atoms with Crippen LogP contribution in [0.4, 0.5) is 0 Å². The summed E-state index contributed by atoms with van der Waals surface area (Å²) in [5.74, 6) is 0.122. The molecule has 0 amide bonds. The number of benzene rings is 1. The van der Waals surface area contributed by atoms with Crippen LogP contribution in [-0.4, -0.2) is 22.1 Å². The fourth-order valence-corrected chi connectivity index (χ4v) is 5.22. The van der Waals surface area contributed by atoms with Crippen molar-refractivity contribution in [3.8, 4) is 5.75 Å². The molecule has 2 aliphatic rings. The molecule has 0 saturated heterocycles. The fraction of sp³-hybridized carbons (Fsp3) is 0.650. The number of carbonyl (C=O) groups is 1. The van der Waals surface area contributed by atoms with Gasteiger partial charge in [0.2, 0.25) is 0 Å². The molecular formula is C20H28O3. The van der Waals surface area contributed by atoms with E-state index in [9.17, 15) is 15.0 Å². The van der Waals surface area contributed by atoms with Gasteiger partial charge in [-0.1, -0.05) is 41.0 Å². The standard InChI is InChI=1S/C20H28O3/c1-11(2)12-9-13-14(10-15(12)21)20(5)8-6-7-19(3,4)18(20)17(23)16(13)22/h9-11,17-18,21,23H,6-8H2,1-5H3/t17-,18-,20+/m0/s1. The van der Waals surface area contributed by atoms with Gasteiger partial charge in [0.15, 0.2) is 5.78 Å². The highest BCUT2D eigenvalue weighted by Gasteiger charge is 2.56. The molecule has 3 heteroatoms. The van der Waals surface area contributed by atoms with Gasteiger partial charge in [0, 0.05) is 11.5 Å².